The normalized spacial score (nSPS) is 14.0. The Labute approximate surface area is 138 Å². The van der Waals surface area contributed by atoms with Gasteiger partial charge in [-0.15, -0.1) is 0 Å². The van der Waals surface area contributed by atoms with Crippen molar-refractivity contribution < 1.29 is 14.6 Å². The molecule has 1 rings (SSSR count). The van der Waals surface area contributed by atoms with Crippen LogP contribution in [-0.4, -0.2) is 42.3 Å². The number of aliphatic hydroxyl groups is 1. The van der Waals surface area contributed by atoms with Crippen LogP contribution in [0.3, 0.4) is 0 Å². The lowest BCUT2D eigenvalue weighted by atomic mass is 10.2. The Balaban J connectivity index is 2.72. The Morgan fingerprint density at radius 1 is 1.57 bits per heavy atom. The molecule has 0 heterocycles. The number of carbonyl (C=O) groups excluding carboxylic acids is 1. The van der Waals surface area contributed by atoms with Gasteiger partial charge in [-0.05, 0) is 37.5 Å². The second kappa shape index (κ2) is 9.12. The molecule has 6 heteroatoms. The van der Waals surface area contributed by atoms with E-state index >= 15 is 0 Å². The van der Waals surface area contributed by atoms with Gasteiger partial charge in [0.05, 0.1) is 13.7 Å². The van der Waals surface area contributed by atoms with E-state index in [4.69, 9.17) is 4.74 Å². The summed E-state index contributed by atoms with van der Waals surface area (Å²) in [4.78, 5) is 11.9. The third-order valence-corrected chi connectivity index (χ3v) is 4.67. The molecule has 116 valence electrons. The summed E-state index contributed by atoms with van der Waals surface area (Å²) in [6.07, 6.45) is 5.08. The number of hydrogen-bond donors (Lipinski definition) is 2. The van der Waals surface area contributed by atoms with E-state index in [9.17, 15) is 9.90 Å². The van der Waals surface area contributed by atoms with Crippen LogP contribution in [-0.2, 0) is 4.79 Å². The van der Waals surface area contributed by atoms with Crippen LogP contribution in [0.2, 0.25) is 0 Å². The third-order valence-electron chi connectivity index (χ3n) is 3.02. The number of benzene rings is 1. The number of ether oxygens (including phenoxy) is 1. The lowest BCUT2D eigenvalue weighted by Crippen LogP contribution is -2.40. The monoisotopic (exact) mass is 373 g/mol. The molecule has 1 aromatic rings. The van der Waals surface area contributed by atoms with Crippen molar-refractivity contribution in [3.8, 4) is 5.75 Å². The molecule has 4 nitrogen and oxygen atoms in total. The van der Waals surface area contributed by atoms with Crippen LogP contribution in [0.15, 0.2) is 28.7 Å². The van der Waals surface area contributed by atoms with Crippen molar-refractivity contribution in [1.29, 1.82) is 0 Å². The fraction of sp³-hybridized carbons (Fsp3) is 0.400. The summed E-state index contributed by atoms with van der Waals surface area (Å²) >= 11 is 4.92. The molecule has 0 spiro atoms. The molecule has 1 aromatic carbocycles. The molecule has 1 amide bonds. The molecule has 2 unspecified atom stereocenters. The first-order chi connectivity index (χ1) is 10.0. The van der Waals surface area contributed by atoms with E-state index in [1.807, 2.05) is 31.4 Å². The predicted octanol–water partition coefficient (Wildman–Crippen LogP) is 2.70. The zero-order valence-electron chi connectivity index (χ0n) is 12.3. The number of aliphatic hydroxyl groups excluding tert-OH is 1. The van der Waals surface area contributed by atoms with E-state index in [0.29, 0.717) is 5.75 Å². The van der Waals surface area contributed by atoms with Gasteiger partial charge in [0.1, 0.15) is 5.75 Å². The summed E-state index contributed by atoms with van der Waals surface area (Å²) in [6.45, 7) is 1.91. The van der Waals surface area contributed by atoms with Crippen molar-refractivity contribution in [3.05, 3.63) is 34.3 Å². The predicted molar refractivity (Wildman–Crippen MR) is 91.7 cm³/mol. The number of halogens is 1. The van der Waals surface area contributed by atoms with Gasteiger partial charge in [0.2, 0.25) is 5.91 Å². The molecule has 2 N–H and O–H groups in total. The lowest BCUT2D eigenvalue weighted by molar-refractivity contribution is -0.117. The van der Waals surface area contributed by atoms with Gasteiger partial charge in [-0.25, -0.2) is 0 Å². The molecule has 2 atom stereocenters. The molecule has 0 aliphatic heterocycles. The Morgan fingerprint density at radius 2 is 2.29 bits per heavy atom. The second-order valence-electron chi connectivity index (χ2n) is 4.47. The Morgan fingerprint density at radius 3 is 2.86 bits per heavy atom. The number of methoxy groups -OCH3 is 1. The van der Waals surface area contributed by atoms with Gasteiger partial charge in [-0.3, -0.25) is 4.79 Å². The zero-order valence-corrected chi connectivity index (χ0v) is 14.7. The minimum atomic E-state index is -0.197. The van der Waals surface area contributed by atoms with Gasteiger partial charge in [0.25, 0.3) is 0 Å². The van der Waals surface area contributed by atoms with Crippen LogP contribution in [0.4, 0.5) is 0 Å². The molecule has 0 bridgehead atoms. The van der Waals surface area contributed by atoms with Crippen molar-refractivity contribution in [3.63, 3.8) is 0 Å². The summed E-state index contributed by atoms with van der Waals surface area (Å²) < 4.78 is 6.16. The largest absolute Gasteiger partial charge is 0.496 e. The molecule has 0 aromatic heterocycles. The summed E-state index contributed by atoms with van der Waals surface area (Å²) in [5.74, 6) is 0.504. The first kappa shape index (κ1) is 18.1. The van der Waals surface area contributed by atoms with Crippen LogP contribution in [0.5, 0.6) is 5.75 Å². The summed E-state index contributed by atoms with van der Waals surface area (Å²) in [5.41, 5.74) is 0.818. The highest BCUT2D eigenvalue weighted by molar-refractivity contribution is 9.10. The minimum absolute atomic E-state index is 0.0113. The van der Waals surface area contributed by atoms with Crippen LogP contribution in [0, 0.1) is 0 Å². The van der Waals surface area contributed by atoms with E-state index in [1.54, 1.807) is 13.2 Å². The van der Waals surface area contributed by atoms with E-state index in [-0.39, 0.29) is 23.8 Å². The van der Waals surface area contributed by atoms with Gasteiger partial charge < -0.3 is 15.2 Å². The van der Waals surface area contributed by atoms with E-state index in [1.165, 1.54) is 17.8 Å². The molecule has 0 aliphatic carbocycles. The molecule has 0 aliphatic rings. The lowest BCUT2D eigenvalue weighted by Gasteiger charge is -2.20. The van der Waals surface area contributed by atoms with Gasteiger partial charge in [0, 0.05) is 27.4 Å². The van der Waals surface area contributed by atoms with Crippen molar-refractivity contribution in [2.45, 2.75) is 18.2 Å². The SMILES string of the molecule is COc1ccc(Br)cc1/C=C/C(=O)NC(C)C(CO)SC. The van der Waals surface area contributed by atoms with Gasteiger partial charge >= 0.3 is 0 Å². The van der Waals surface area contributed by atoms with Crippen LogP contribution >= 0.6 is 27.7 Å². The fourth-order valence-corrected chi connectivity index (χ4v) is 2.81. The van der Waals surface area contributed by atoms with E-state index < -0.39 is 0 Å². The van der Waals surface area contributed by atoms with Crippen molar-refractivity contribution in [2.75, 3.05) is 20.0 Å². The molecule has 0 fully saturated rings. The average molecular weight is 374 g/mol. The average Bonchev–Trinajstić information content (AvgIpc) is 2.46. The molecule has 0 radical (unpaired) electrons. The van der Waals surface area contributed by atoms with Crippen molar-refractivity contribution in [1.82, 2.24) is 5.32 Å². The quantitative estimate of drug-likeness (QED) is 0.721. The molecular formula is C15H20BrNO3S. The van der Waals surface area contributed by atoms with Crippen LogP contribution in [0.25, 0.3) is 6.08 Å². The van der Waals surface area contributed by atoms with Crippen LogP contribution in [0.1, 0.15) is 12.5 Å². The summed E-state index contributed by atoms with van der Waals surface area (Å²) in [6, 6.07) is 5.49. The second-order valence-corrected chi connectivity index (χ2v) is 6.47. The van der Waals surface area contributed by atoms with Crippen molar-refractivity contribution in [2.24, 2.45) is 0 Å². The summed E-state index contributed by atoms with van der Waals surface area (Å²) in [7, 11) is 1.59. The standard InChI is InChI=1S/C15H20BrNO3S/c1-10(14(9-18)21-3)17-15(19)7-4-11-8-12(16)5-6-13(11)20-2/h4-8,10,14,18H,9H2,1-3H3,(H,17,19)/b7-4+. The highest BCUT2D eigenvalue weighted by Gasteiger charge is 2.16. The summed E-state index contributed by atoms with van der Waals surface area (Å²) in [5, 5.41) is 12.0. The third kappa shape index (κ3) is 5.73. The maximum absolute atomic E-state index is 11.9. The number of nitrogens with one attached hydrogen (secondary N) is 1. The number of rotatable bonds is 7. The molecule has 0 saturated carbocycles. The topological polar surface area (TPSA) is 58.6 Å². The highest BCUT2D eigenvalue weighted by Crippen LogP contribution is 2.24. The van der Waals surface area contributed by atoms with E-state index in [0.717, 1.165) is 10.0 Å². The smallest absolute Gasteiger partial charge is 0.244 e. The number of hydrogen-bond acceptors (Lipinski definition) is 4. The van der Waals surface area contributed by atoms with Crippen molar-refractivity contribution >= 4 is 39.7 Å². The van der Waals surface area contributed by atoms with Crippen LogP contribution < -0.4 is 10.1 Å². The first-order valence-electron chi connectivity index (χ1n) is 6.47. The number of amides is 1. The number of thioether (sulfide) groups is 1. The highest BCUT2D eigenvalue weighted by atomic mass is 79.9. The molecule has 0 saturated heterocycles. The minimum Gasteiger partial charge on any atom is -0.496 e. The Hall–Kier alpha value is -0.980. The number of carbonyl (C=O) groups is 1. The first-order valence-corrected chi connectivity index (χ1v) is 8.55. The Kier molecular flexibility index (Phi) is 7.85. The Bertz CT molecular complexity index is 504. The van der Waals surface area contributed by atoms with Gasteiger partial charge in [0.15, 0.2) is 0 Å². The zero-order chi connectivity index (χ0) is 15.8. The maximum Gasteiger partial charge on any atom is 0.244 e. The molecule has 21 heavy (non-hydrogen) atoms. The van der Waals surface area contributed by atoms with Gasteiger partial charge in [-0.1, -0.05) is 15.9 Å². The van der Waals surface area contributed by atoms with E-state index in [2.05, 4.69) is 21.2 Å². The maximum atomic E-state index is 11.9. The van der Waals surface area contributed by atoms with Gasteiger partial charge in [-0.2, -0.15) is 11.8 Å². The fourth-order valence-electron chi connectivity index (χ4n) is 1.80. The molecular weight excluding hydrogens is 354 g/mol.